The van der Waals surface area contributed by atoms with E-state index >= 15 is 0 Å². The molecule has 0 aliphatic heterocycles. The number of hydrogen-bond acceptors (Lipinski definition) is 3. The lowest BCUT2D eigenvalue weighted by Gasteiger charge is -2.03. The Morgan fingerprint density at radius 3 is 2.78 bits per heavy atom. The van der Waals surface area contributed by atoms with Gasteiger partial charge in [-0.2, -0.15) is 0 Å². The first-order valence-electron chi connectivity index (χ1n) is 5.27. The van der Waals surface area contributed by atoms with E-state index in [1.54, 1.807) is 0 Å². The Morgan fingerprint density at radius 1 is 1.33 bits per heavy atom. The lowest BCUT2D eigenvalue weighted by molar-refractivity contribution is -0.134. The third-order valence-electron chi connectivity index (χ3n) is 2.35. The van der Waals surface area contributed by atoms with Gasteiger partial charge in [-0.15, -0.1) is 11.3 Å². The average molecular weight is 261 g/mol. The van der Waals surface area contributed by atoms with Crippen LogP contribution in [0.25, 0.3) is 16.2 Å². The highest BCUT2D eigenvalue weighted by Crippen LogP contribution is 2.26. The van der Waals surface area contributed by atoms with Gasteiger partial charge in [-0.3, -0.25) is 4.79 Å². The summed E-state index contributed by atoms with van der Waals surface area (Å²) in [6, 6.07) is 7.61. The molecule has 1 aromatic heterocycles. The predicted molar refractivity (Wildman–Crippen MR) is 71.3 cm³/mol. The smallest absolute Gasteiger partial charge is 0.352 e. The Balaban J connectivity index is 2.49. The Morgan fingerprint density at radius 2 is 2.11 bits per heavy atom. The summed E-state index contributed by atoms with van der Waals surface area (Å²) in [5.74, 6) is -1.55. The van der Waals surface area contributed by atoms with Crippen LogP contribution in [0.3, 0.4) is 0 Å². The molecule has 0 aliphatic rings. The van der Waals surface area contributed by atoms with Gasteiger partial charge in [-0.1, -0.05) is 18.2 Å². The quantitative estimate of drug-likeness (QED) is 0.834. The van der Waals surface area contributed by atoms with E-state index < -0.39 is 11.9 Å². The highest BCUT2D eigenvalue weighted by Gasteiger charge is 2.10. The minimum atomic E-state index is -1.15. The van der Waals surface area contributed by atoms with E-state index in [-0.39, 0.29) is 5.70 Å². The normalized spacial score (nSPS) is 11.5. The Hall–Kier alpha value is -2.14. The van der Waals surface area contributed by atoms with Crippen LogP contribution in [0.5, 0.6) is 0 Å². The zero-order valence-electron chi connectivity index (χ0n) is 9.64. The molecule has 1 heterocycles. The maximum atomic E-state index is 11.0. The lowest BCUT2D eigenvalue weighted by Crippen LogP contribution is -2.24. The number of nitrogens with one attached hydrogen (secondary N) is 1. The number of hydrogen-bond donors (Lipinski definition) is 2. The molecule has 92 valence electrons. The number of carboxylic acids is 1. The SMILES string of the molecule is CC(=O)N/C(=C/c1cccc2ccsc12)C(=O)O. The summed E-state index contributed by atoms with van der Waals surface area (Å²) in [5, 5.41) is 14.3. The van der Waals surface area contributed by atoms with Gasteiger partial charge < -0.3 is 10.4 Å². The number of carboxylic acid groups (broad SMARTS) is 1. The number of fused-ring (bicyclic) bond motifs is 1. The summed E-state index contributed by atoms with van der Waals surface area (Å²) in [6.07, 6.45) is 1.47. The van der Waals surface area contributed by atoms with Gasteiger partial charge >= 0.3 is 5.97 Å². The molecule has 1 amide bonds. The minimum absolute atomic E-state index is 0.122. The van der Waals surface area contributed by atoms with Crippen LogP contribution in [0.4, 0.5) is 0 Å². The first-order chi connectivity index (χ1) is 8.58. The fourth-order valence-corrected chi connectivity index (χ4v) is 2.51. The van der Waals surface area contributed by atoms with Crippen LogP contribution in [0.2, 0.25) is 0 Å². The Bertz CT molecular complexity index is 642. The number of thiophene rings is 1. The molecule has 5 heteroatoms. The summed E-state index contributed by atoms with van der Waals surface area (Å²) in [6.45, 7) is 1.28. The van der Waals surface area contributed by atoms with Gasteiger partial charge in [-0.25, -0.2) is 4.79 Å². The van der Waals surface area contributed by atoms with E-state index in [2.05, 4.69) is 5.32 Å². The van der Waals surface area contributed by atoms with Crippen LogP contribution >= 0.6 is 11.3 Å². The molecule has 2 rings (SSSR count). The number of benzene rings is 1. The zero-order chi connectivity index (χ0) is 13.1. The molecule has 0 radical (unpaired) electrons. The van der Waals surface area contributed by atoms with Crippen LogP contribution in [0.15, 0.2) is 35.3 Å². The summed E-state index contributed by atoms with van der Waals surface area (Å²) >= 11 is 1.54. The lowest BCUT2D eigenvalue weighted by atomic mass is 10.1. The molecule has 2 N–H and O–H groups in total. The minimum Gasteiger partial charge on any atom is -0.477 e. The zero-order valence-corrected chi connectivity index (χ0v) is 10.5. The molecule has 0 aliphatic carbocycles. The number of aliphatic carboxylic acids is 1. The molecule has 0 spiro atoms. The molecule has 0 saturated carbocycles. The first-order valence-corrected chi connectivity index (χ1v) is 6.14. The van der Waals surface area contributed by atoms with Crippen LogP contribution in [0, 0.1) is 0 Å². The van der Waals surface area contributed by atoms with E-state index in [0.29, 0.717) is 0 Å². The van der Waals surface area contributed by atoms with E-state index in [0.717, 1.165) is 15.6 Å². The average Bonchev–Trinajstić information content (AvgIpc) is 2.76. The summed E-state index contributed by atoms with van der Waals surface area (Å²) < 4.78 is 1.00. The van der Waals surface area contributed by atoms with Crippen LogP contribution < -0.4 is 5.32 Å². The molecule has 2 aromatic rings. The molecule has 0 fully saturated rings. The molecule has 0 saturated heterocycles. The Labute approximate surface area is 108 Å². The molecule has 18 heavy (non-hydrogen) atoms. The molecule has 4 nitrogen and oxygen atoms in total. The van der Waals surface area contributed by atoms with Gasteiger partial charge in [0.1, 0.15) is 5.70 Å². The van der Waals surface area contributed by atoms with Crippen molar-refractivity contribution < 1.29 is 14.7 Å². The molecule has 0 bridgehead atoms. The standard InChI is InChI=1S/C13H11NO3S/c1-8(15)14-11(13(16)17)7-10-4-2-3-9-5-6-18-12(9)10/h2-7H,1H3,(H,14,15)(H,16,17)/b11-7+. The number of carbonyl (C=O) groups excluding carboxylic acids is 1. The predicted octanol–water partition coefficient (Wildman–Crippen LogP) is 2.46. The van der Waals surface area contributed by atoms with Crippen molar-refractivity contribution in [2.75, 3.05) is 0 Å². The first kappa shape index (κ1) is 12.3. The molecule has 1 aromatic carbocycles. The van der Waals surface area contributed by atoms with Crippen molar-refractivity contribution >= 4 is 39.4 Å². The molecular formula is C13H11NO3S. The third kappa shape index (κ3) is 2.57. The third-order valence-corrected chi connectivity index (χ3v) is 3.33. The summed E-state index contributed by atoms with van der Waals surface area (Å²) in [5.41, 5.74) is 0.664. The second kappa shape index (κ2) is 5.01. The van der Waals surface area contributed by atoms with Crippen LogP contribution in [0.1, 0.15) is 12.5 Å². The maximum Gasteiger partial charge on any atom is 0.352 e. The highest BCUT2D eigenvalue weighted by atomic mass is 32.1. The molecule has 0 unspecified atom stereocenters. The van der Waals surface area contributed by atoms with Crippen molar-refractivity contribution in [2.45, 2.75) is 6.92 Å². The second-order valence-electron chi connectivity index (χ2n) is 3.73. The van der Waals surface area contributed by atoms with Gasteiger partial charge in [-0.05, 0) is 28.5 Å². The number of carbonyl (C=O) groups is 2. The van der Waals surface area contributed by atoms with Crippen molar-refractivity contribution in [3.8, 4) is 0 Å². The van der Waals surface area contributed by atoms with Crippen LogP contribution in [-0.2, 0) is 9.59 Å². The van der Waals surface area contributed by atoms with E-state index in [1.807, 2.05) is 29.6 Å². The van der Waals surface area contributed by atoms with E-state index in [4.69, 9.17) is 5.11 Å². The van der Waals surface area contributed by atoms with Crippen molar-refractivity contribution in [2.24, 2.45) is 0 Å². The van der Waals surface area contributed by atoms with Crippen LogP contribution in [-0.4, -0.2) is 17.0 Å². The van der Waals surface area contributed by atoms with Gasteiger partial charge in [0, 0.05) is 11.6 Å². The van der Waals surface area contributed by atoms with Gasteiger partial charge in [0.05, 0.1) is 0 Å². The van der Waals surface area contributed by atoms with Gasteiger partial charge in [0.2, 0.25) is 5.91 Å². The summed E-state index contributed by atoms with van der Waals surface area (Å²) in [4.78, 5) is 22.0. The Kier molecular flexibility index (Phi) is 3.43. The van der Waals surface area contributed by atoms with Gasteiger partial charge in [0.15, 0.2) is 0 Å². The fraction of sp³-hybridized carbons (Fsp3) is 0.0769. The maximum absolute atomic E-state index is 11.0. The summed E-state index contributed by atoms with van der Waals surface area (Å²) in [7, 11) is 0. The van der Waals surface area contributed by atoms with Crippen molar-refractivity contribution in [3.05, 3.63) is 40.9 Å². The highest BCUT2D eigenvalue weighted by molar-refractivity contribution is 7.17. The molecule has 0 atom stereocenters. The topological polar surface area (TPSA) is 66.4 Å². The van der Waals surface area contributed by atoms with E-state index in [1.165, 1.54) is 24.3 Å². The van der Waals surface area contributed by atoms with E-state index in [9.17, 15) is 9.59 Å². The monoisotopic (exact) mass is 261 g/mol. The number of rotatable bonds is 3. The number of amides is 1. The van der Waals surface area contributed by atoms with Crippen molar-refractivity contribution in [1.82, 2.24) is 5.32 Å². The second-order valence-corrected chi connectivity index (χ2v) is 4.65. The van der Waals surface area contributed by atoms with Crippen molar-refractivity contribution in [3.63, 3.8) is 0 Å². The van der Waals surface area contributed by atoms with Gasteiger partial charge in [0.25, 0.3) is 0 Å². The van der Waals surface area contributed by atoms with Crippen molar-refractivity contribution in [1.29, 1.82) is 0 Å². The fourth-order valence-electron chi connectivity index (χ4n) is 1.63. The largest absolute Gasteiger partial charge is 0.477 e. The molecular weight excluding hydrogens is 250 g/mol.